The van der Waals surface area contributed by atoms with Gasteiger partial charge in [0.15, 0.2) is 8.32 Å². The number of nitrogens with zero attached hydrogens (tertiary/aromatic N) is 1. The first-order chi connectivity index (χ1) is 10.9. The number of aromatic nitrogens is 1. The van der Waals surface area contributed by atoms with Gasteiger partial charge in [-0.2, -0.15) is 0 Å². The number of aryl methyl sites for hydroxylation is 1. The summed E-state index contributed by atoms with van der Waals surface area (Å²) in [5, 5.41) is 2.67. The first-order valence-electron chi connectivity index (χ1n) is 8.24. The molecule has 0 aromatic carbocycles. The third kappa shape index (κ3) is 3.78. The molecule has 1 unspecified atom stereocenters. The van der Waals surface area contributed by atoms with Crippen LogP contribution in [0, 0.1) is 5.92 Å². The third-order valence-corrected chi connectivity index (χ3v) is 10.8. The summed E-state index contributed by atoms with van der Waals surface area (Å²) in [5.41, 5.74) is 0.637. The number of carbonyl (C=O) groups excluding carboxylic acids is 2. The molecule has 3 atom stereocenters. The van der Waals surface area contributed by atoms with Crippen molar-refractivity contribution in [2.75, 3.05) is 0 Å². The normalized spacial score (nSPS) is 22.7. The average Bonchev–Trinajstić information content (AvgIpc) is 2.81. The highest BCUT2D eigenvalue weighted by atomic mass is 32.2. The van der Waals surface area contributed by atoms with Crippen LogP contribution in [0.5, 0.6) is 0 Å². The van der Waals surface area contributed by atoms with E-state index >= 15 is 0 Å². The van der Waals surface area contributed by atoms with Crippen LogP contribution in [0.4, 0.5) is 0 Å². The van der Waals surface area contributed by atoms with E-state index in [-0.39, 0.29) is 33.5 Å². The minimum Gasteiger partial charge on any atom is -0.413 e. The van der Waals surface area contributed by atoms with E-state index in [1.54, 1.807) is 10.6 Å². The molecule has 1 aliphatic heterocycles. The zero-order valence-corrected chi connectivity index (χ0v) is 17.4. The van der Waals surface area contributed by atoms with Crippen LogP contribution >= 0.6 is 11.8 Å². The van der Waals surface area contributed by atoms with Gasteiger partial charge in [-0.3, -0.25) is 9.59 Å². The number of carbonyl (C=O) groups is 2. The lowest BCUT2D eigenvalue weighted by Crippen LogP contribution is -2.62. The van der Waals surface area contributed by atoms with Crippen LogP contribution in [-0.2, 0) is 16.3 Å². The molecule has 134 valence electrons. The van der Waals surface area contributed by atoms with Crippen molar-refractivity contribution < 1.29 is 14.0 Å². The highest BCUT2D eigenvalue weighted by molar-refractivity contribution is 8.14. The lowest BCUT2D eigenvalue weighted by molar-refractivity contribution is -0.136. The van der Waals surface area contributed by atoms with Crippen molar-refractivity contribution in [2.24, 2.45) is 13.0 Å². The van der Waals surface area contributed by atoms with Crippen molar-refractivity contribution >= 4 is 31.1 Å². The van der Waals surface area contributed by atoms with Gasteiger partial charge in [0.1, 0.15) is 0 Å². The Morgan fingerprint density at radius 2 is 2.04 bits per heavy atom. The molecule has 1 N–H and O–H groups in total. The van der Waals surface area contributed by atoms with Crippen LogP contribution in [0.1, 0.15) is 38.2 Å². The second-order valence-electron chi connectivity index (χ2n) is 7.95. The Hall–Kier alpha value is -1.05. The molecule has 0 bridgehead atoms. The fourth-order valence-corrected chi connectivity index (χ4v) is 5.15. The molecule has 1 saturated heterocycles. The van der Waals surface area contributed by atoms with E-state index in [1.807, 2.05) is 26.2 Å². The largest absolute Gasteiger partial charge is 0.413 e. The predicted molar refractivity (Wildman–Crippen MR) is 100 cm³/mol. The Morgan fingerprint density at radius 3 is 2.50 bits per heavy atom. The predicted octanol–water partition coefficient (Wildman–Crippen LogP) is 3.38. The molecular formula is C17H28N2O3SSi. The molecule has 1 aromatic rings. The van der Waals surface area contributed by atoms with Crippen LogP contribution in [-0.4, -0.2) is 35.4 Å². The molecule has 1 aromatic heterocycles. The Labute approximate surface area is 149 Å². The van der Waals surface area contributed by atoms with Crippen LogP contribution in [0.3, 0.4) is 0 Å². The highest BCUT2D eigenvalue weighted by Crippen LogP contribution is 2.40. The number of β-lactam (4-membered cyclic amide) rings is 1. The number of nitrogens with one attached hydrogen (secondary N) is 1. The van der Waals surface area contributed by atoms with Crippen molar-refractivity contribution in [3.63, 3.8) is 0 Å². The van der Waals surface area contributed by atoms with E-state index in [0.29, 0.717) is 5.69 Å². The topological polar surface area (TPSA) is 60.3 Å². The molecule has 0 saturated carbocycles. The van der Waals surface area contributed by atoms with Gasteiger partial charge in [0.2, 0.25) is 11.0 Å². The van der Waals surface area contributed by atoms with E-state index in [2.05, 4.69) is 39.2 Å². The molecule has 2 heterocycles. The molecule has 1 aliphatic rings. The maximum absolute atomic E-state index is 12.4. The minimum atomic E-state index is -1.95. The molecule has 24 heavy (non-hydrogen) atoms. The Bertz CT molecular complexity index is 636. The summed E-state index contributed by atoms with van der Waals surface area (Å²) in [6.07, 6.45) is 1.65. The van der Waals surface area contributed by atoms with Crippen molar-refractivity contribution in [3.8, 4) is 0 Å². The molecule has 0 spiro atoms. The van der Waals surface area contributed by atoms with Gasteiger partial charge in [0.25, 0.3) is 0 Å². The number of hydrogen-bond donors (Lipinski definition) is 1. The summed E-state index contributed by atoms with van der Waals surface area (Å²) in [7, 11) is -0.112. The van der Waals surface area contributed by atoms with Gasteiger partial charge in [0.05, 0.1) is 23.1 Å². The first kappa shape index (κ1) is 19.3. The van der Waals surface area contributed by atoms with Gasteiger partial charge >= 0.3 is 0 Å². The lowest BCUT2D eigenvalue weighted by Gasteiger charge is -2.44. The molecular weight excluding hydrogens is 340 g/mol. The smallest absolute Gasteiger partial charge is 0.237 e. The monoisotopic (exact) mass is 368 g/mol. The second-order valence-corrected chi connectivity index (χ2v) is 13.8. The Morgan fingerprint density at radius 1 is 1.42 bits per heavy atom. The summed E-state index contributed by atoms with van der Waals surface area (Å²) < 4.78 is 8.14. The number of hydrogen-bond acceptors (Lipinski definition) is 4. The Kier molecular flexibility index (Phi) is 5.37. The number of rotatable bonds is 5. The van der Waals surface area contributed by atoms with E-state index in [1.165, 1.54) is 11.8 Å². The van der Waals surface area contributed by atoms with Crippen LogP contribution in [0.2, 0.25) is 18.1 Å². The molecule has 0 radical (unpaired) electrons. The van der Waals surface area contributed by atoms with E-state index < -0.39 is 8.32 Å². The zero-order valence-electron chi connectivity index (χ0n) is 15.5. The van der Waals surface area contributed by atoms with Crippen molar-refractivity contribution in [1.29, 1.82) is 0 Å². The van der Waals surface area contributed by atoms with Crippen molar-refractivity contribution in [2.45, 2.75) is 57.3 Å². The molecule has 1 amide bonds. The summed E-state index contributed by atoms with van der Waals surface area (Å²) in [5.74, 6) is -0.313. The van der Waals surface area contributed by atoms with E-state index in [4.69, 9.17) is 4.43 Å². The van der Waals surface area contributed by atoms with Crippen LogP contribution < -0.4 is 5.32 Å². The second kappa shape index (κ2) is 6.69. The lowest BCUT2D eigenvalue weighted by atomic mass is 9.96. The summed E-state index contributed by atoms with van der Waals surface area (Å²) >= 11 is 1.18. The maximum Gasteiger partial charge on any atom is 0.237 e. The molecule has 1 fully saturated rings. The fourth-order valence-electron chi connectivity index (χ4n) is 2.49. The molecule has 0 aliphatic carbocycles. The Balaban J connectivity index is 2.03. The molecule has 7 heteroatoms. The van der Waals surface area contributed by atoms with Gasteiger partial charge in [-0.05, 0) is 37.2 Å². The molecule has 2 rings (SSSR count). The van der Waals surface area contributed by atoms with Crippen LogP contribution in [0.15, 0.2) is 18.3 Å². The minimum absolute atomic E-state index is 0.0293. The highest BCUT2D eigenvalue weighted by Gasteiger charge is 2.48. The van der Waals surface area contributed by atoms with Crippen molar-refractivity contribution in [3.05, 3.63) is 24.0 Å². The van der Waals surface area contributed by atoms with Gasteiger partial charge in [-0.25, -0.2) is 0 Å². The SMILES string of the molecule is CC(O[Si](C)(C)C(C)(C)C)[C@H]1C(=O)N[C@@H]1SC(=O)c1cccn1C. The van der Waals surface area contributed by atoms with E-state index in [0.717, 1.165) is 0 Å². The standard InChI is InChI=1S/C17H28N2O3SSi/c1-11(22-24(6,7)17(2,3)4)13-14(20)18-15(13)23-16(21)12-9-8-10-19(12)5/h8-11,13,15H,1-7H3,(H,18,20)/t11?,13-,15+/m0/s1. The average molecular weight is 369 g/mol. The third-order valence-electron chi connectivity index (χ3n) is 5.09. The quantitative estimate of drug-likeness (QED) is 0.639. The summed E-state index contributed by atoms with van der Waals surface area (Å²) in [4.78, 5) is 24.5. The van der Waals surface area contributed by atoms with Gasteiger partial charge in [0, 0.05) is 13.2 Å². The summed E-state index contributed by atoms with van der Waals surface area (Å²) in [6, 6.07) is 3.63. The number of amides is 1. The van der Waals surface area contributed by atoms with Crippen LogP contribution in [0.25, 0.3) is 0 Å². The summed E-state index contributed by atoms with van der Waals surface area (Å²) in [6.45, 7) is 12.8. The van der Waals surface area contributed by atoms with E-state index in [9.17, 15) is 9.59 Å². The maximum atomic E-state index is 12.4. The zero-order chi connectivity index (χ0) is 18.3. The van der Waals surface area contributed by atoms with Gasteiger partial charge < -0.3 is 14.3 Å². The van der Waals surface area contributed by atoms with Gasteiger partial charge in [-0.15, -0.1) is 0 Å². The number of thioether (sulfide) groups is 1. The molecule has 5 nitrogen and oxygen atoms in total. The van der Waals surface area contributed by atoms with Crippen molar-refractivity contribution in [1.82, 2.24) is 9.88 Å². The fraction of sp³-hybridized carbons (Fsp3) is 0.647. The first-order valence-corrected chi connectivity index (χ1v) is 12.0. The van der Waals surface area contributed by atoms with Gasteiger partial charge in [-0.1, -0.05) is 32.5 Å².